The van der Waals surface area contributed by atoms with Crippen LogP contribution in [0.25, 0.3) is 24.3 Å². The maximum absolute atomic E-state index is 8.88. The Morgan fingerprint density at radius 3 is 1.23 bits per heavy atom. The summed E-state index contributed by atoms with van der Waals surface area (Å²) >= 11 is 0. The SMILES string of the molecule is C(=Cc1ccccc1Oc1ccccc1C=Cc1ccccc1)c1ccccc1.O=P(O)(O)O.[H-].[K+]. The second kappa shape index (κ2) is 15.1. The molecule has 0 unspecified atom stereocenters. The Morgan fingerprint density at radius 1 is 0.543 bits per heavy atom. The minimum Gasteiger partial charge on any atom is -1.00 e. The fraction of sp³-hybridized carbons (Fsp3) is 0. The number of benzene rings is 4. The number of rotatable bonds is 6. The predicted molar refractivity (Wildman–Crippen MR) is 139 cm³/mol. The molecule has 5 nitrogen and oxygen atoms in total. The molecule has 3 N–H and O–H groups in total. The average Bonchev–Trinajstić information content (AvgIpc) is 2.83. The van der Waals surface area contributed by atoms with Crippen LogP contribution < -0.4 is 56.1 Å². The van der Waals surface area contributed by atoms with E-state index in [2.05, 4.69) is 60.7 Å². The van der Waals surface area contributed by atoms with E-state index in [0.29, 0.717) is 0 Å². The van der Waals surface area contributed by atoms with Crippen LogP contribution in [0.1, 0.15) is 23.7 Å². The van der Waals surface area contributed by atoms with Crippen LogP contribution >= 0.6 is 7.82 Å². The Labute approximate surface area is 249 Å². The standard InChI is InChI=1S/C28H22O.K.H3O4P.H/c1-3-11-23(12-4-1)19-21-25-15-7-9-17-27(25)29-28-18-10-8-16-26(28)22-20-24-13-5-2-6-14-24;;1-5(2,3)4;/h1-22H;;(H3,1,2,3,4);/q;+1;;-1. The zero-order valence-electron chi connectivity index (χ0n) is 20.3. The maximum atomic E-state index is 8.88. The van der Waals surface area contributed by atoms with Crippen molar-refractivity contribution in [1.29, 1.82) is 0 Å². The number of hydrogen-bond donors (Lipinski definition) is 3. The minimum absolute atomic E-state index is 0. The third-order valence-corrected chi connectivity index (χ3v) is 4.57. The van der Waals surface area contributed by atoms with Crippen LogP contribution in [-0.2, 0) is 4.57 Å². The van der Waals surface area contributed by atoms with E-state index >= 15 is 0 Å². The van der Waals surface area contributed by atoms with Gasteiger partial charge in [-0.2, -0.15) is 0 Å². The molecule has 4 rings (SSSR count). The molecule has 174 valence electrons. The molecule has 0 saturated carbocycles. The summed E-state index contributed by atoms with van der Waals surface area (Å²) in [5, 5.41) is 0. The molecule has 0 aliphatic rings. The molecule has 0 atom stereocenters. The van der Waals surface area contributed by atoms with Crippen molar-refractivity contribution in [1.82, 2.24) is 0 Å². The van der Waals surface area contributed by atoms with Crippen LogP contribution in [0, 0.1) is 0 Å². The minimum atomic E-state index is -4.64. The van der Waals surface area contributed by atoms with Gasteiger partial charge in [-0.1, -0.05) is 121 Å². The van der Waals surface area contributed by atoms with Crippen molar-refractivity contribution in [3.63, 3.8) is 0 Å². The van der Waals surface area contributed by atoms with Gasteiger partial charge < -0.3 is 20.8 Å². The number of phosphoric acid groups is 1. The quantitative estimate of drug-likeness (QED) is 0.207. The molecule has 7 heteroatoms. The Kier molecular flexibility index (Phi) is 12.6. The molecule has 0 aliphatic heterocycles. The Hall–Kier alpha value is -2.09. The smallest absolute Gasteiger partial charge is 1.00 e. The van der Waals surface area contributed by atoms with Gasteiger partial charge in [-0.3, -0.25) is 0 Å². The van der Waals surface area contributed by atoms with Crippen molar-refractivity contribution in [2.75, 3.05) is 0 Å². The zero-order valence-corrected chi connectivity index (χ0v) is 23.3. The summed E-state index contributed by atoms with van der Waals surface area (Å²) in [7, 11) is -4.64. The number of ether oxygens (including phenoxy) is 1. The summed E-state index contributed by atoms with van der Waals surface area (Å²) in [5.41, 5.74) is 4.40. The molecule has 0 radical (unpaired) electrons. The van der Waals surface area contributed by atoms with Crippen LogP contribution in [0.5, 0.6) is 11.5 Å². The summed E-state index contributed by atoms with van der Waals surface area (Å²) in [4.78, 5) is 21.6. The summed E-state index contributed by atoms with van der Waals surface area (Å²) in [6.45, 7) is 0. The molecular weight excluding hydrogens is 486 g/mol. The number of para-hydroxylation sites is 2. The van der Waals surface area contributed by atoms with E-state index in [1.54, 1.807) is 0 Å². The first-order chi connectivity index (χ1) is 16.4. The van der Waals surface area contributed by atoms with E-state index in [4.69, 9.17) is 24.0 Å². The van der Waals surface area contributed by atoms with Crippen molar-refractivity contribution in [3.8, 4) is 11.5 Å². The van der Waals surface area contributed by atoms with Gasteiger partial charge in [0.15, 0.2) is 0 Å². The summed E-state index contributed by atoms with van der Waals surface area (Å²) < 4.78 is 15.2. The fourth-order valence-corrected chi connectivity index (χ4v) is 3.04. The van der Waals surface area contributed by atoms with Gasteiger partial charge in [-0.25, -0.2) is 4.57 Å². The zero-order chi connectivity index (χ0) is 24.2. The largest absolute Gasteiger partial charge is 1.00 e. The molecule has 0 bridgehead atoms. The monoisotopic (exact) mass is 512 g/mol. The number of hydrogen-bond acceptors (Lipinski definition) is 2. The van der Waals surface area contributed by atoms with Gasteiger partial charge >= 0.3 is 59.2 Å². The Bertz CT molecular complexity index is 1190. The molecule has 0 saturated heterocycles. The van der Waals surface area contributed by atoms with Gasteiger partial charge in [-0.15, -0.1) is 0 Å². The van der Waals surface area contributed by atoms with E-state index < -0.39 is 7.82 Å². The fourth-order valence-electron chi connectivity index (χ4n) is 3.04. The maximum Gasteiger partial charge on any atom is 1.00 e. The van der Waals surface area contributed by atoms with Crippen molar-refractivity contribution in [2.45, 2.75) is 0 Å². The van der Waals surface area contributed by atoms with Crippen LogP contribution in [0.4, 0.5) is 0 Å². The molecular formula is C28H26KO5P. The van der Waals surface area contributed by atoms with Gasteiger partial charge in [0.05, 0.1) is 0 Å². The van der Waals surface area contributed by atoms with E-state index in [-0.39, 0.29) is 52.8 Å². The Morgan fingerprint density at radius 2 is 0.857 bits per heavy atom. The summed E-state index contributed by atoms with van der Waals surface area (Å²) in [6, 6.07) is 36.7. The first-order valence-corrected chi connectivity index (χ1v) is 12.1. The van der Waals surface area contributed by atoms with Gasteiger partial charge in [0.25, 0.3) is 0 Å². The van der Waals surface area contributed by atoms with E-state index in [1.807, 2.05) is 72.8 Å². The third kappa shape index (κ3) is 11.5. The van der Waals surface area contributed by atoms with Gasteiger partial charge in [0, 0.05) is 11.1 Å². The first kappa shape index (κ1) is 29.1. The molecule has 0 aliphatic carbocycles. The summed E-state index contributed by atoms with van der Waals surface area (Å²) in [5.74, 6) is 1.67. The topological polar surface area (TPSA) is 87.0 Å². The third-order valence-electron chi connectivity index (χ3n) is 4.57. The average molecular weight is 513 g/mol. The van der Waals surface area contributed by atoms with Crippen LogP contribution in [0.3, 0.4) is 0 Å². The van der Waals surface area contributed by atoms with Gasteiger partial charge in [0.2, 0.25) is 0 Å². The normalized spacial score (nSPS) is 10.9. The molecule has 4 aromatic carbocycles. The second-order valence-corrected chi connectivity index (χ2v) is 8.21. The van der Waals surface area contributed by atoms with Crippen LogP contribution in [0.15, 0.2) is 109 Å². The van der Waals surface area contributed by atoms with Crippen LogP contribution in [0.2, 0.25) is 0 Å². The van der Waals surface area contributed by atoms with Gasteiger partial charge in [0.1, 0.15) is 11.5 Å². The molecule has 4 aromatic rings. The predicted octanol–water partition coefficient (Wildman–Crippen LogP) is 4.01. The van der Waals surface area contributed by atoms with E-state index in [1.165, 1.54) is 0 Å². The van der Waals surface area contributed by atoms with Crippen molar-refractivity contribution >= 4 is 32.1 Å². The van der Waals surface area contributed by atoms with Crippen molar-refractivity contribution in [2.24, 2.45) is 0 Å². The van der Waals surface area contributed by atoms with Gasteiger partial charge in [-0.05, 0) is 23.3 Å². The van der Waals surface area contributed by atoms with E-state index in [9.17, 15) is 0 Å². The summed E-state index contributed by atoms with van der Waals surface area (Å²) in [6.07, 6.45) is 8.38. The molecule has 0 amide bonds. The Balaban J connectivity index is 0.000000846. The second-order valence-electron chi connectivity index (χ2n) is 7.18. The molecule has 0 heterocycles. The molecule has 35 heavy (non-hydrogen) atoms. The molecule has 0 fully saturated rings. The van der Waals surface area contributed by atoms with E-state index in [0.717, 1.165) is 33.8 Å². The van der Waals surface area contributed by atoms with Crippen LogP contribution in [-0.4, -0.2) is 14.7 Å². The molecule has 0 spiro atoms. The first-order valence-electron chi connectivity index (χ1n) is 10.5. The molecule has 0 aromatic heterocycles. The van der Waals surface area contributed by atoms with Crippen molar-refractivity contribution < 1.29 is 76.8 Å². The van der Waals surface area contributed by atoms with Crippen molar-refractivity contribution in [3.05, 3.63) is 131 Å².